The standard InChI is InChI=1S/C14H20NO2/c1-2-13-3-5-14(6-4-13)17-12-9-15-7-10-16-11-8-15/h3,5-6H,2,7-12H2,1H3. The summed E-state index contributed by atoms with van der Waals surface area (Å²) in [7, 11) is 0. The van der Waals surface area contributed by atoms with Crippen molar-refractivity contribution in [3.8, 4) is 5.75 Å². The summed E-state index contributed by atoms with van der Waals surface area (Å²) in [6.07, 6.45) is 1.02. The van der Waals surface area contributed by atoms with Crippen molar-refractivity contribution in [3.05, 3.63) is 29.8 Å². The van der Waals surface area contributed by atoms with Gasteiger partial charge in [-0.3, -0.25) is 4.90 Å². The van der Waals surface area contributed by atoms with Crippen LogP contribution in [-0.2, 0) is 11.2 Å². The van der Waals surface area contributed by atoms with Crippen LogP contribution in [0, 0.1) is 6.07 Å². The van der Waals surface area contributed by atoms with Crippen LogP contribution in [0.15, 0.2) is 18.2 Å². The fraction of sp³-hybridized carbons (Fsp3) is 0.571. The van der Waals surface area contributed by atoms with Crippen LogP contribution >= 0.6 is 0 Å². The van der Waals surface area contributed by atoms with Crippen molar-refractivity contribution >= 4 is 0 Å². The zero-order valence-electron chi connectivity index (χ0n) is 10.4. The van der Waals surface area contributed by atoms with Crippen molar-refractivity contribution in [1.29, 1.82) is 0 Å². The molecule has 0 bridgehead atoms. The molecule has 1 aliphatic rings. The largest absolute Gasteiger partial charge is 0.492 e. The summed E-state index contributed by atoms with van der Waals surface area (Å²) in [4.78, 5) is 2.37. The lowest BCUT2D eigenvalue weighted by atomic mass is 10.2. The van der Waals surface area contributed by atoms with Gasteiger partial charge in [0.25, 0.3) is 0 Å². The van der Waals surface area contributed by atoms with E-state index in [9.17, 15) is 0 Å². The summed E-state index contributed by atoms with van der Waals surface area (Å²) in [5.41, 5.74) is 1.23. The van der Waals surface area contributed by atoms with Gasteiger partial charge in [-0.2, -0.15) is 0 Å². The Labute approximate surface area is 103 Å². The van der Waals surface area contributed by atoms with E-state index in [1.807, 2.05) is 12.1 Å². The fourth-order valence-electron chi connectivity index (χ4n) is 1.87. The minimum Gasteiger partial charge on any atom is -0.492 e. The molecule has 0 atom stereocenters. The fourth-order valence-corrected chi connectivity index (χ4v) is 1.87. The number of hydrogen-bond acceptors (Lipinski definition) is 3. The molecule has 1 radical (unpaired) electrons. The maximum Gasteiger partial charge on any atom is 0.120 e. The molecule has 1 aromatic carbocycles. The Kier molecular flexibility index (Phi) is 4.83. The van der Waals surface area contributed by atoms with Gasteiger partial charge in [-0.1, -0.05) is 13.0 Å². The van der Waals surface area contributed by atoms with Crippen LogP contribution in [-0.4, -0.2) is 44.4 Å². The van der Waals surface area contributed by atoms with Crippen LogP contribution in [0.3, 0.4) is 0 Å². The van der Waals surface area contributed by atoms with Gasteiger partial charge >= 0.3 is 0 Å². The Bertz CT molecular complexity index is 317. The van der Waals surface area contributed by atoms with Crippen molar-refractivity contribution in [3.63, 3.8) is 0 Å². The molecule has 1 heterocycles. The zero-order valence-corrected chi connectivity index (χ0v) is 10.4. The minimum atomic E-state index is 0.735. The van der Waals surface area contributed by atoms with E-state index in [0.717, 1.165) is 51.6 Å². The molecule has 0 spiro atoms. The quantitative estimate of drug-likeness (QED) is 0.775. The molecular formula is C14H20NO2. The lowest BCUT2D eigenvalue weighted by Gasteiger charge is -2.26. The molecule has 2 rings (SSSR count). The summed E-state index contributed by atoms with van der Waals surface area (Å²) in [5, 5.41) is 0. The number of rotatable bonds is 5. The van der Waals surface area contributed by atoms with E-state index >= 15 is 0 Å². The predicted molar refractivity (Wildman–Crippen MR) is 67.4 cm³/mol. The molecule has 1 saturated heterocycles. The Hall–Kier alpha value is -1.06. The van der Waals surface area contributed by atoms with Crippen LogP contribution in [0.1, 0.15) is 12.5 Å². The predicted octanol–water partition coefficient (Wildman–Crippen LogP) is 1.76. The first-order valence-corrected chi connectivity index (χ1v) is 6.32. The van der Waals surface area contributed by atoms with E-state index in [0.29, 0.717) is 0 Å². The van der Waals surface area contributed by atoms with Crippen LogP contribution < -0.4 is 4.74 Å². The van der Waals surface area contributed by atoms with Gasteiger partial charge < -0.3 is 9.47 Å². The number of hydrogen-bond donors (Lipinski definition) is 0. The lowest BCUT2D eigenvalue weighted by molar-refractivity contribution is 0.0322. The van der Waals surface area contributed by atoms with Crippen molar-refractivity contribution in [1.82, 2.24) is 4.90 Å². The Balaban J connectivity index is 1.69. The first-order valence-electron chi connectivity index (χ1n) is 6.32. The summed E-state index contributed by atoms with van der Waals surface area (Å²) in [6, 6.07) is 9.24. The van der Waals surface area contributed by atoms with E-state index in [2.05, 4.69) is 24.0 Å². The van der Waals surface area contributed by atoms with Crippen molar-refractivity contribution < 1.29 is 9.47 Å². The summed E-state index contributed by atoms with van der Waals surface area (Å²) in [5.74, 6) is 0.912. The zero-order chi connectivity index (χ0) is 11.9. The first-order chi connectivity index (χ1) is 8.38. The number of benzene rings is 1. The number of ether oxygens (including phenoxy) is 2. The van der Waals surface area contributed by atoms with Crippen molar-refractivity contribution in [2.24, 2.45) is 0 Å². The summed E-state index contributed by atoms with van der Waals surface area (Å²) in [6.45, 7) is 7.56. The molecule has 1 fully saturated rings. The third-order valence-corrected chi connectivity index (χ3v) is 3.01. The van der Waals surface area contributed by atoms with Gasteiger partial charge in [0, 0.05) is 19.6 Å². The van der Waals surface area contributed by atoms with Crippen molar-refractivity contribution in [2.45, 2.75) is 13.3 Å². The SMILES string of the molecule is CCc1[c]cc(OCCN2CCOCC2)cc1. The van der Waals surface area contributed by atoms with E-state index in [1.54, 1.807) is 0 Å². The molecule has 0 unspecified atom stereocenters. The number of nitrogens with zero attached hydrogens (tertiary/aromatic N) is 1. The highest BCUT2D eigenvalue weighted by Gasteiger charge is 2.09. The van der Waals surface area contributed by atoms with Gasteiger partial charge in [0.05, 0.1) is 13.2 Å². The maximum absolute atomic E-state index is 5.69. The van der Waals surface area contributed by atoms with E-state index in [4.69, 9.17) is 9.47 Å². The van der Waals surface area contributed by atoms with Gasteiger partial charge in [-0.15, -0.1) is 0 Å². The van der Waals surface area contributed by atoms with Gasteiger partial charge in [0.15, 0.2) is 0 Å². The molecule has 1 aliphatic heterocycles. The topological polar surface area (TPSA) is 21.7 Å². The van der Waals surface area contributed by atoms with Gasteiger partial charge in [0.1, 0.15) is 12.4 Å². The second-order valence-electron chi connectivity index (χ2n) is 4.21. The van der Waals surface area contributed by atoms with Gasteiger partial charge in [-0.25, -0.2) is 0 Å². The average molecular weight is 234 g/mol. The molecule has 3 heteroatoms. The number of aryl methyl sites for hydroxylation is 1. The third-order valence-electron chi connectivity index (χ3n) is 3.01. The average Bonchev–Trinajstić information content (AvgIpc) is 2.41. The molecular weight excluding hydrogens is 214 g/mol. The van der Waals surface area contributed by atoms with E-state index in [1.165, 1.54) is 5.56 Å². The highest BCUT2D eigenvalue weighted by Crippen LogP contribution is 2.11. The van der Waals surface area contributed by atoms with E-state index in [-0.39, 0.29) is 0 Å². The second kappa shape index (κ2) is 6.62. The van der Waals surface area contributed by atoms with Crippen LogP contribution in [0.25, 0.3) is 0 Å². The number of morpholine rings is 1. The Morgan fingerprint density at radius 1 is 1.35 bits per heavy atom. The summed E-state index contributed by atoms with van der Waals surface area (Å²) < 4.78 is 11.0. The van der Waals surface area contributed by atoms with Crippen LogP contribution in [0.4, 0.5) is 0 Å². The smallest absolute Gasteiger partial charge is 0.120 e. The monoisotopic (exact) mass is 234 g/mol. The molecule has 0 amide bonds. The molecule has 0 N–H and O–H groups in total. The molecule has 17 heavy (non-hydrogen) atoms. The van der Waals surface area contributed by atoms with Gasteiger partial charge in [0.2, 0.25) is 0 Å². The molecule has 93 valence electrons. The van der Waals surface area contributed by atoms with Crippen molar-refractivity contribution in [2.75, 3.05) is 39.5 Å². The van der Waals surface area contributed by atoms with Gasteiger partial charge in [-0.05, 0) is 30.2 Å². The lowest BCUT2D eigenvalue weighted by Crippen LogP contribution is -2.38. The van der Waals surface area contributed by atoms with E-state index < -0.39 is 0 Å². The minimum absolute atomic E-state index is 0.735. The molecule has 0 saturated carbocycles. The maximum atomic E-state index is 5.69. The Morgan fingerprint density at radius 3 is 2.82 bits per heavy atom. The molecule has 0 aromatic heterocycles. The van der Waals surface area contributed by atoms with Crippen LogP contribution in [0.2, 0.25) is 0 Å². The first kappa shape index (κ1) is 12.4. The molecule has 1 aromatic rings. The molecule has 0 aliphatic carbocycles. The molecule has 3 nitrogen and oxygen atoms in total. The summed E-state index contributed by atoms with van der Waals surface area (Å²) >= 11 is 0. The Morgan fingerprint density at radius 2 is 2.18 bits per heavy atom. The normalized spacial score (nSPS) is 17.0. The second-order valence-corrected chi connectivity index (χ2v) is 4.21. The highest BCUT2D eigenvalue weighted by atomic mass is 16.5. The third kappa shape index (κ3) is 4.02. The highest BCUT2D eigenvalue weighted by molar-refractivity contribution is 5.25. The van der Waals surface area contributed by atoms with Crippen LogP contribution in [0.5, 0.6) is 5.75 Å².